The molecule has 0 heterocycles. The van der Waals surface area contributed by atoms with Crippen LogP contribution >= 0.6 is 0 Å². The summed E-state index contributed by atoms with van der Waals surface area (Å²) in [5, 5.41) is 6.81. The fourth-order valence-electron chi connectivity index (χ4n) is 2.08. The lowest BCUT2D eigenvalue weighted by Gasteiger charge is -2.21. The van der Waals surface area contributed by atoms with Crippen molar-refractivity contribution in [3.8, 4) is 5.75 Å². The molecule has 0 radical (unpaired) electrons. The van der Waals surface area contributed by atoms with Gasteiger partial charge in [-0.15, -0.1) is 0 Å². The quantitative estimate of drug-likeness (QED) is 0.599. The molecule has 0 fully saturated rings. The maximum absolute atomic E-state index is 5.20. The zero-order valence-corrected chi connectivity index (χ0v) is 14.8. The number of nitrogens with zero attached hydrogens (tertiary/aromatic N) is 1. The normalized spacial score (nSPS) is 14.6. The summed E-state index contributed by atoms with van der Waals surface area (Å²) in [6.45, 7) is 9.74. The van der Waals surface area contributed by atoms with Gasteiger partial charge in [0.15, 0.2) is 5.96 Å². The highest BCUT2D eigenvalue weighted by Gasteiger charge is 2.10. The molecule has 1 rings (SSSR count). The van der Waals surface area contributed by atoms with Gasteiger partial charge >= 0.3 is 0 Å². The van der Waals surface area contributed by atoms with E-state index in [1.165, 1.54) is 5.56 Å². The van der Waals surface area contributed by atoms with Crippen molar-refractivity contribution in [1.29, 1.82) is 0 Å². The zero-order valence-electron chi connectivity index (χ0n) is 14.8. The summed E-state index contributed by atoms with van der Waals surface area (Å²) in [5.74, 6) is 2.86. The highest BCUT2D eigenvalue weighted by molar-refractivity contribution is 5.79. The van der Waals surface area contributed by atoms with E-state index < -0.39 is 0 Å². The molecule has 124 valence electrons. The van der Waals surface area contributed by atoms with Gasteiger partial charge in [-0.05, 0) is 42.9 Å². The summed E-state index contributed by atoms with van der Waals surface area (Å²) in [6, 6.07) is 8.72. The predicted octanol–water partition coefficient (Wildman–Crippen LogP) is 3.40. The molecule has 0 spiro atoms. The largest absolute Gasteiger partial charge is 0.497 e. The second-order valence-electron chi connectivity index (χ2n) is 6.14. The summed E-state index contributed by atoms with van der Waals surface area (Å²) in [7, 11) is 3.51. The highest BCUT2D eigenvalue weighted by Crippen LogP contribution is 2.21. The van der Waals surface area contributed by atoms with E-state index in [-0.39, 0.29) is 0 Å². The van der Waals surface area contributed by atoms with Gasteiger partial charge in [-0.2, -0.15) is 0 Å². The monoisotopic (exact) mass is 305 g/mol. The molecule has 0 amide bonds. The van der Waals surface area contributed by atoms with Crippen LogP contribution in [0.3, 0.4) is 0 Å². The van der Waals surface area contributed by atoms with Crippen molar-refractivity contribution >= 4 is 5.96 Å². The molecule has 0 aliphatic carbocycles. The molecular weight excluding hydrogens is 274 g/mol. The Balaban J connectivity index is 2.41. The van der Waals surface area contributed by atoms with Crippen LogP contribution in [0.25, 0.3) is 0 Å². The molecule has 22 heavy (non-hydrogen) atoms. The molecule has 2 N–H and O–H groups in total. The number of methoxy groups -OCH3 is 1. The Bertz CT molecular complexity index is 454. The van der Waals surface area contributed by atoms with Crippen LogP contribution in [0.1, 0.15) is 45.6 Å². The number of ether oxygens (including phenoxy) is 1. The summed E-state index contributed by atoms with van der Waals surface area (Å²) in [6.07, 6.45) is 1.06. The maximum atomic E-state index is 5.20. The first-order chi connectivity index (χ1) is 10.5. The molecule has 0 saturated carbocycles. The van der Waals surface area contributed by atoms with E-state index in [0.717, 1.165) is 24.7 Å². The van der Waals surface area contributed by atoms with Gasteiger partial charge in [0.25, 0.3) is 0 Å². The first kappa shape index (κ1) is 18.3. The van der Waals surface area contributed by atoms with Crippen LogP contribution in [0.4, 0.5) is 0 Å². The predicted molar refractivity (Wildman–Crippen MR) is 94.8 cm³/mol. The van der Waals surface area contributed by atoms with E-state index in [1.807, 2.05) is 19.2 Å². The molecule has 2 atom stereocenters. The van der Waals surface area contributed by atoms with Crippen molar-refractivity contribution in [3.05, 3.63) is 29.8 Å². The van der Waals surface area contributed by atoms with Crippen LogP contribution in [0.2, 0.25) is 0 Å². The van der Waals surface area contributed by atoms with Gasteiger partial charge in [0.1, 0.15) is 5.75 Å². The molecule has 4 heteroatoms. The average molecular weight is 305 g/mol. The van der Waals surface area contributed by atoms with Crippen molar-refractivity contribution < 1.29 is 4.74 Å². The molecule has 0 bridgehead atoms. The number of aliphatic imine (C=N–C) groups is 1. The number of hydrogen-bond acceptors (Lipinski definition) is 2. The van der Waals surface area contributed by atoms with E-state index in [2.05, 4.69) is 55.5 Å². The average Bonchev–Trinajstić information content (AvgIpc) is 2.53. The van der Waals surface area contributed by atoms with Crippen molar-refractivity contribution in [2.75, 3.05) is 20.7 Å². The number of nitrogens with one attached hydrogen (secondary N) is 2. The second-order valence-corrected chi connectivity index (χ2v) is 6.14. The number of benzene rings is 1. The van der Waals surface area contributed by atoms with Crippen molar-refractivity contribution in [3.63, 3.8) is 0 Å². The van der Waals surface area contributed by atoms with E-state index in [0.29, 0.717) is 17.9 Å². The van der Waals surface area contributed by atoms with Crippen LogP contribution in [0.5, 0.6) is 5.75 Å². The highest BCUT2D eigenvalue weighted by atomic mass is 16.5. The van der Waals surface area contributed by atoms with Crippen LogP contribution in [-0.4, -0.2) is 32.7 Å². The Hall–Kier alpha value is -1.71. The first-order valence-corrected chi connectivity index (χ1v) is 8.09. The molecule has 2 unspecified atom stereocenters. The molecule has 1 aromatic carbocycles. The van der Waals surface area contributed by atoms with Crippen LogP contribution < -0.4 is 15.4 Å². The van der Waals surface area contributed by atoms with Crippen molar-refractivity contribution in [2.45, 2.75) is 46.1 Å². The van der Waals surface area contributed by atoms with Gasteiger partial charge in [-0.3, -0.25) is 4.99 Å². The number of guanidine groups is 1. The molecule has 1 aromatic rings. The maximum Gasteiger partial charge on any atom is 0.191 e. The summed E-state index contributed by atoms with van der Waals surface area (Å²) >= 11 is 0. The van der Waals surface area contributed by atoms with Gasteiger partial charge in [-0.1, -0.05) is 32.9 Å². The number of rotatable bonds is 7. The second kappa shape index (κ2) is 9.34. The molecule has 0 aliphatic heterocycles. The van der Waals surface area contributed by atoms with Gasteiger partial charge in [0.05, 0.1) is 7.11 Å². The Kier molecular flexibility index (Phi) is 7.78. The van der Waals surface area contributed by atoms with E-state index in [9.17, 15) is 0 Å². The van der Waals surface area contributed by atoms with Crippen molar-refractivity contribution in [1.82, 2.24) is 10.6 Å². The fourth-order valence-corrected chi connectivity index (χ4v) is 2.08. The summed E-state index contributed by atoms with van der Waals surface area (Å²) in [5.41, 5.74) is 1.33. The van der Waals surface area contributed by atoms with Crippen LogP contribution in [0.15, 0.2) is 29.3 Å². The summed E-state index contributed by atoms with van der Waals surface area (Å²) in [4.78, 5) is 4.28. The van der Waals surface area contributed by atoms with E-state index in [1.54, 1.807) is 7.11 Å². The van der Waals surface area contributed by atoms with Gasteiger partial charge in [0, 0.05) is 19.6 Å². The lowest BCUT2D eigenvalue weighted by Crippen LogP contribution is -2.44. The molecule has 0 aliphatic rings. The molecule has 0 saturated heterocycles. The van der Waals surface area contributed by atoms with Crippen molar-refractivity contribution in [2.24, 2.45) is 10.9 Å². The molecule has 0 aromatic heterocycles. The van der Waals surface area contributed by atoms with Crippen LogP contribution in [-0.2, 0) is 0 Å². The SMILES string of the molecule is CN=C(NCCC(C)c1ccc(OC)cc1)NC(C)C(C)C. The van der Waals surface area contributed by atoms with Gasteiger partial charge < -0.3 is 15.4 Å². The Morgan fingerprint density at radius 1 is 1.14 bits per heavy atom. The Morgan fingerprint density at radius 2 is 1.77 bits per heavy atom. The fraction of sp³-hybridized carbons (Fsp3) is 0.611. The first-order valence-electron chi connectivity index (χ1n) is 8.09. The van der Waals surface area contributed by atoms with E-state index >= 15 is 0 Å². The lowest BCUT2D eigenvalue weighted by atomic mass is 9.98. The van der Waals surface area contributed by atoms with Gasteiger partial charge in [0.2, 0.25) is 0 Å². The minimum absolute atomic E-state index is 0.408. The molecular formula is C18H31N3O. The topological polar surface area (TPSA) is 45.7 Å². The lowest BCUT2D eigenvalue weighted by molar-refractivity contribution is 0.414. The minimum atomic E-state index is 0.408. The smallest absolute Gasteiger partial charge is 0.191 e. The third kappa shape index (κ3) is 5.96. The molecule has 4 nitrogen and oxygen atoms in total. The Labute approximate surface area is 135 Å². The van der Waals surface area contributed by atoms with Gasteiger partial charge in [-0.25, -0.2) is 0 Å². The Morgan fingerprint density at radius 3 is 2.27 bits per heavy atom. The minimum Gasteiger partial charge on any atom is -0.497 e. The number of hydrogen-bond donors (Lipinski definition) is 2. The zero-order chi connectivity index (χ0) is 16.5. The standard InChI is InChI=1S/C18H31N3O/c1-13(2)15(4)21-18(19-5)20-12-11-14(3)16-7-9-17(22-6)10-8-16/h7-10,13-15H,11-12H2,1-6H3,(H2,19,20,21). The summed E-state index contributed by atoms with van der Waals surface area (Å²) < 4.78 is 5.20. The van der Waals surface area contributed by atoms with E-state index in [4.69, 9.17) is 4.74 Å². The third-order valence-electron chi connectivity index (χ3n) is 4.14. The third-order valence-corrected chi connectivity index (χ3v) is 4.14. The van der Waals surface area contributed by atoms with Crippen LogP contribution in [0, 0.1) is 5.92 Å².